The van der Waals surface area contributed by atoms with Gasteiger partial charge in [-0.2, -0.15) is 0 Å². The van der Waals surface area contributed by atoms with E-state index in [1.807, 2.05) is 0 Å². The monoisotopic (exact) mass is 335 g/mol. The maximum absolute atomic E-state index is 13.6. The molecular formula is C12H15BrFNO2S. The molecule has 0 amide bonds. The lowest BCUT2D eigenvalue weighted by Gasteiger charge is -2.17. The number of nitrogens with zero attached hydrogens (tertiary/aromatic N) is 1. The summed E-state index contributed by atoms with van der Waals surface area (Å²) >= 11 is 3.09. The molecule has 0 N–H and O–H groups in total. The van der Waals surface area contributed by atoms with E-state index >= 15 is 0 Å². The van der Waals surface area contributed by atoms with Gasteiger partial charge in [0.1, 0.15) is 10.7 Å². The maximum atomic E-state index is 13.6. The van der Waals surface area contributed by atoms with Crippen molar-refractivity contribution in [1.29, 1.82) is 0 Å². The molecule has 0 aliphatic rings. The Morgan fingerprint density at radius 2 is 2.17 bits per heavy atom. The molecule has 0 atom stereocenters. The van der Waals surface area contributed by atoms with Crippen molar-refractivity contribution >= 4 is 26.0 Å². The first kappa shape index (κ1) is 15.3. The minimum Gasteiger partial charge on any atom is -0.207 e. The van der Waals surface area contributed by atoms with E-state index in [1.165, 1.54) is 19.2 Å². The van der Waals surface area contributed by atoms with E-state index in [-0.39, 0.29) is 4.90 Å². The molecular weight excluding hydrogens is 321 g/mol. The highest BCUT2D eigenvalue weighted by Crippen LogP contribution is 2.22. The standard InChI is InChI=1S/C12H15BrFNO2S/c1-3-4-5-8-15(2)18(16,17)12-7-6-10(13)9-11(12)14/h3,6-7,9H,1,4-5,8H2,2H3. The molecule has 1 aromatic carbocycles. The van der Waals surface area contributed by atoms with Crippen LogP contribution >= 0.6 is 15.9 Å². The highest BCUT2D eigenvalue weighted by atomic mass is 79.9. The fourth-order valence-corrected chi connectivity index (χ4v) is 3.01. The summed E-state index contributed by atoms with van der Waals surface area (Å²) in [5, 5.41) is 0. The molecule has 0 bridgehead atoms. The number of benzene rings is 1. The second-order valence-corrected chi connectivity index (χ2v) is 6.76. The lowest BCUT2D eigenvalue weighted by atomic mass is 10.3. The third kappa shape index (κ3) is 3.63. The molecule has 0 radical (unpaired) electrons. The molecule has 0 saturated heterocycles. The first-order valence-electron chi connectivity index (χ1n) is 5.42. The summed E-state index contributed by atoms with van der Waals surface area (Å²) in [6, 6.07) is 3.91. The van der Waals surface area contributed by atoms with Gasteiger partial charge in [-0.1, -0.05) is 22.0 Å². The van der Waals surface area contributed by atoms with Crippen LogP contribution < -0.4 is 0 Å². The van der Waals surface area contributed by atoms with Crippen LogP contribution in [0.2, 0.25) is 0 Å². The van der Waals surface area contributed by atoms with E-state index in [0.29, 0.717) is 17.4 Å². The van der Waals surface area contributed by atoms with Gasteiger partial charge in [0, 0.05) is 18.1 Å². The van der Waals surface area contributed by atoms with Crippen molar-refractivity contribution in [2.75, 3.05) is 13.6 Å². The molecule has 0 heterocycles. The minimum absolute atomic E-state index is 0.299. The quantitative estimate of drug-likeness (QED) is 0.591. The molecule has 18 heavy (non-hydrogen) atoms. The molecule has 0 spiro atoms. The number of halogens is 2. The number of hydrogen-bond donors (Lipinski definition) is 0. The molecule has 100 valence electrons. The SMILES string of the molecule is C=CCCCN(C)S(=O)(=O)c1ccc(Br)cc1F. The summed E-state index contributed by atoms with van der Waals surface area (Å²) < 4.78 is 39.5. The predicted octanol–water partition coefficient (Wildman–Crippen LogP) is 3.17. The molecule has 3 nitrogen and oxygen atoms in total. The Hall–Kier alpha value is -0.720. The van der Waals surface area contributed by atoms with Crippen LogP contribution in [-0.2, 0) is 10.0 Å². The number of allylic oxidation sites excluding steroid dienone is 1. The molecule has 1 rings (SSSR count). The third-order valence-corrected chi connectivity index (χ3v) is 4.85. The Kier molecular flexibility index (Phi) is 5.49. The maximum Gasteiger partial charge on any atom is 0.245 e. The zero-order valence-electron chi connectivity index (χ0n) is 10.1. The molecule has 0 unspecified atom stereocenters. The van der Waals surface area contributed by atoms with Gasteiger partial charge in [0.15, 0.2) is 0 Å². The second kappa shape index (κ2) is 6.45. The van der Waals surface area contributed by atoms with Crippen molar-refractivity contribution in [2.24, 2.45) is 0 Å². The van der Waals surface area contributed by atoms with Gasteiger partial charge in [-0.25, -0.2) is 17.1 Å². The summed E-state index contributed by atoms with van der Waals surface area (Å²) in [6.07, 6.45) is 3.11. The number of rotatable bonds is 6. The van der Waals surface area contributed by atoms with Crippen molar-refractivity contribution in [3.63, 3.8) is 0 Å². The smallest absolute Gasteiger partial charge is 0.207 e. The van der Waals surface area contributed by atoms with Gasteiger partial charge in [-0.15, -0.1) is 6.58 Å². The third-order valence-electron chi connectivity index (χ3n) is 2.46. The summed E-state index contributed by atoms with van der Waals surface area (Å²) in [5.41, 5.74) is 0. The average molecular weight is 336 g/mol. The summed E-state index contributed by atoms with van der Waals surface area (Å²) in [4.78, 5) is -0.299. The van der Waals surface area contributed by atoms with Crippen molar-refractivity contribution in [1.82, 2.24) is 4.31 Å². The number of unbranched alkanes of at least 4 members (excludes halogenated alkanes) is 1. The fraction of sp³-hybridized carbons (Fsp3) is 0.333. The van der Waals surface area contributed by atoms with Crippen LogP contribution in [0.1, 0.15) is 12.8 Å². The van der Waals surface area contributed by atoms with E-state index in [9.17, 15) is 12.8 Å². The van der Waals surface area contributed by atoms with Crippen molar-refractivity contribution in [3.05, 3.63) is 41.1 Å². The molecule has 1 aromatic rings. The average Bonchev–Trinajstić information content (AvgIpc) is 2.28. The van der Waals surface area contributed by atoms with E-state index in [0.717, 1.165) is 16.8 Å². The second-order valence-electron chi connectivity index (χ2n) is 3.83. The van der Waals surface area contributed by atoms with Gasteiger partial charge in [0.05, 0.1) is 0 Å². The summed E-state index contributed by atoms with van der Waals surface area (Å²) in [7, 11) is -2.32. The van der Waals surface area contributed by atoms with Gasteiger partial charge < -0.3 is 0 Å². The van der Waals surface area contributed by atoms with E-state index in [1.54, 1.807) is 6.08 Å². The topological polar surface area (TPSA) is 37.4 Å². The molecule has 6 heteroatoms. The van der Waals surface area contributed by atoms with Gasteiger partial charge in [-0.3, -0.25) is 0 Å². The zero-order chi connectivity index (χ0) is 13.8. The van der Waals surface area contributed by atoms with Crippen LogP contribution in [0.15, 0.2) is 40.2 Å². The van der Waals surface area contributed by atoms with Gasteiger partial charge in [0.2, 0.25) is 10.0 Å². The van der Waals surface area contributed by atoms with Gasteiger partial charge >= 0.3 is 0 Å². The number of hydrogen-bond acceptors (Lipinski definition) is 2. The lowest BCUT2D eigenvalue weighted by molar-refractivity contribution is 0.456. The highest BCUT2D eigenvalue weighted by molar-refractivity contribution is 9.10. The number of sulfonamides is 1. The molecule has 0 aromatic heterocycles. The molecule has 0 aliphatic carbocycles. The summed E-state index contributed by atoms with van der Waals surface area (Å²) in [6.45, 7) is 3.91. The van der Waals surface area contributed by atoms with E-state index in [2.05, 4.69) is 22.5 Å². The van der Waals surface area contributed by atoms with Crippen LogP contribution in [0.25, 0.3) is 0 Å². The van der Waals surface area contributed by atoms with E-state index in [4.69, 9.17) is 0 Å². The fourth-order valence-electron chi connectivity index (χ4n) is 1.43. The summed E-state index contributed by atoms with van der Waals surface area (Å²) in [5.74, 6) is -0.750. The van der Waals surface area contributed by atoms with Crippen LogP contribution in [0, 0.1) is 5.82 Å². The predicted molar refractivity (Wildman–Crippen MR) is 73.3 cm³/mol. The lowest BCUT2D eigenvalue weighted by Crippen LogP contribution is -2.28. The molecule has 0 aliphatic heterocycles. The van der Waals surface area contributed by atoms with Crippen molar-refractivity contribution in [2.45, 2.75) is 17.7 Å². The van der Waals surface area contributed by atoms with Crippen LogP contribution in [0.4, 0.5) is 4.39 Å². The Morgan fingerprint density at radius 1 is 1.50 bits per heavy atom. The van der Waals surface area contributed by atoms with E-state index < -0.39 is 15.8 Å². The Morgan fingerprint density at radius 3 is 2.72 bits per heavy atom. The Labute approximate surface area is 115 Å². The Balaban J connectivity index is 2.94. The molecule has 0 fully saturated rings. The minimum atomic E-state index is -3.76. The first-order chi connectivity index (χ1) is 8.39. The normalized spacial score (nSPS) is 11.8. The van der Waals surface area contributed by atoms with Gasteiger partial charge in [0.25, 0.3) is 0 Å². The largest absolute Gasteiger partial charge is 0.245 e. The van der Waals surface area contributed by atoms with Crippen LogP contribution in [0.3, 0.4) is 0 Å². The first-order valence-corrected chi connectivity index (χ1v) is 7.65. The van der Waals surface area contributed by atoms with Crippen molar-refractivity contribution in [3.8, 4) is 0 Å². The van der Waals surface area contributed by atoms with Gasteiger partial charge in [-0.05, 0) is 31.0 Å². The van der Waals surface area contributed by atoms with Crippen LogP contribution in [0.5, 0.6) is 0 Å². The highest BCUT2D eigenvalue weighted by Gasteiger charge is 2.23. The zero-order valence-corrected chi connectivity index (χ0v) is 12.5. The van der Waals surface area contributed by atoms with Crippen molar-refractivity contribution < 1.29 is 12.8 Å². The molecule has 0 saturated carbocycles. The van der Waals surface area contributed by atoms with Crippen LogP contribution in [-0.4, -0.2) is 26.3 Å². The Bertz CT molecular complexity index is 531.